The zero-order chi connectivity index (χ0) is 13.8. The second kappa shape index (κ2) is 5.61. The molecule has 100 valence electrons. The van der Waals surface area contributed by atoms with E-state index in [1.807, 2.05) is 42.0 Å². The van der Waals surface area contributed by atoms with Crippen LogP contribution in [0.2, 0.25) is 0 Å². The summed E-state index contributed by atoms with van der Waals surface area (Å²) in [5.41, 5.74) is 0.918. The maximum atomic E-state index is 11.8. The number of nitrogens with zero attached hydrogens (tertiary/aromatic N) is 1. The number of hydrogen-bond donors (Lipinski definition) is 0. The minimum absolute atomic E-state index is 0.339. The molecule has 1 aromatic heterocycles. The molecule has 0 aliphatic heterocycles. The number of aromatic nitrogens is 1. The first-order valence-electron chi connectivity index (χ1n) is 6.15. The van der Waals surface area contributed by atoms with Gasteiger partial charge in [-0.25, -0.2) is 4.79 Å². The van der Waals surface area contributed by atoms with Gasteiger partial charge >= 0.3 is 5.97 Å². The van der Waals surface area contributed by atoms with Gasteiger partial charge in [0.15, 0.2) is 0 Å². The Morgan fingerprint density at radius 3 is 2.89 bits per heavy atom. The summed E-state index contributed by atoms with van der Waals surface area (Å²) in [6, 6.07) is 7.16. The third kappa shape index (κ3) is 2.34. The van der Waals surface area contributed by atoms with Crippen LogP contribution >= 0.6 is 0 Å². The molecule has 0 radical (unpaired) electrons. The van der Waals surface area contributed by atoms with E-state index in [1.54, 1.807) is 6.08 Å². The zero-order valence-corrected chi connectivity index (χ0v) is 11.1. The summed E-state index contributed by atoms with van der Waals surface area (Å²) in [5.74, 6) is 0.473. The maximum absolute atomic E-state index is 11.8. The lowest BCUT2D eigenvalue weighted by molar-refractivity contribution is -0.142. The average molecular weight is 259 g/mol. The highest BCUT2D eigenvalue weighted by atomic mass is 16.5. The smallest absolute Gasteiger partial charge is 0.332 e. The number of carbonyl (C=O) groups excluding carboxylic acids is 1. The minimum atomic E-state index is -0.528. The Balaban J connectivity index is 2.53. The molecule has 0 aliphatic rings. The molecular weight excluding hydrogens is 242 g/mol. The number of rotatable bonds is 5. The Morgan fingerprint density at radius 2 is 2.26 bits per heavy atom. The van der Waals surface area contributed by atoms with E-state index in [-0.39, 0.29) is 5.97 Å². The van der Waals surface area contributed by atoms with E-state index in [0.29, 0.717) is 6.61 Å². The van der Waals surface area contributed by atoms with Crippen LogP contribution in [-0.4, -0.2) is 24.3 Å². The molecule has 0 saturated carbocycles. The van der Waals surface area contributed by atoms with E-state index in [2.05, 4.69) is 6.58 Å². The normalized spacial score (nSPS) is 12.1. The SMILES string of the molecule is C=CC(C(=O)OC)n1ccc2c(OCC)cccc21. The molecular formula is C15H17NO3. The fourth-order valence-electron chi connectivity index (χ4n) is 2.13. The first kappa shape index (κ1) is 13.2. The lowest BCUT2D eigenvalue weighted by Crippen LogP contribution is -2.17. The summed E-state index contributed by atoms with van der Waals surface area (Å²) in [4.78, 5) is 11.8. The van der Waals surface area contributed by atoms with E-state index in [9.17, 15) is 4.79 Å². The molecule has 0 spiro atoms. The molecule has 0 N–H and O–H groups in total. The van der Waals surface area contributed by atoms with Gasteiger partial charge in [-0.3, -0.25) is 0 Å². The molecule has 0 bridgehead atoms. The summed E-state index contributed by atoms with van der Waals surface area (Å²) in [6.45, 7) is 6.24. The van der Waals surface area contributed by atoms with Gasteiger partial charge in [0.1, 0.15) is 11.8 Å². The monoisotopic (exact) mass is 259 g/mol. The lowest BCUT2D eigenvalue weighted by atomic mass is 10.2. The molecule has 4 nitrogen and oxygen atoms in total. The maximum Gasteiger partial charge on any atom is 0.332 e. The lowest BCUT2D eigenvalue weighted by Gasteiger charge is -2.14. The van der Waals surface area contributed by atoms with Gasteiger partial charge in [-0.2, -0.15) is 0 Å². The Hall–Kier alpha value is -2.23. The van der Waals surface area contributed by atoms with E-state index in [0.717, 1.165) is 16.7 Å². The topological polar surface area (TPSA) is 40.5 Å². The van der Waals surface area contributed by atoms with Gasteiger partial charge < -0.3 is 14.0 Å². The van der Waals surface area contributed by atoms with Crippen molar-refractivity contribution in [2.24, 2.45) is 0 Å². The van der Waals surface area contributed by atoms with Crippen LogP contribution in [0.25, 0.3) is 10.9 Å². The van der Waals surface area contributed by atoms with Gasteiger partial charge in [-0.15, -0.1) is 6.58 Å². The zero-order valence-electron chi connectivity index (χ0n) is 11.1. The number of esters is 1. The van der Waals surface area contributed by atoms with Crippen molar-refractivity contribution < 1.29 is 14.3 Å². The first-order chi connectivity index (χ1) is 9.22. The summed E-state index contributed by atoms with van der Waals surface area (Å²) in [5, 5.41) is 0.972. The largest absolute Gasteiger partial charge is 0.493 e. The Kier molecular flexibility index (Phi) is 3.90. The van der Waals surface area contributed by atoms with Crippen LogP contribution in [-0.2, 0) is 9.53 Å². The van der Waals surface area contributed by atoms with Crippen molar-refractivity contribution >= 4 is 16.9 Å². The second-order valence-electron chi connectivity index (χ2n) is 4.05. The van der Waals surface area contributed by atoms with E-state index in [4.69, 9.17) is 9.47 Å². The summed E-state index contributed by atoms with van der Waals surface area (Å²) in [7, 11) is 1.37. The minimum Gasteiger partial charge on any atom is -0.493 e. The van der Waals surface area contributed by atoms with Gasteiger partial charge in [0.05, 0.1) is 19.2 Å². The van der Waals surface area contributed by atoms with Crippen LogP contribution in [0.5, 0.6) is 5.75 Å². The van der Waals surface area contributed by atoms with Crippen LogP contribution in [0.3, 0.4) is 0 Å². The first-order valence-corrected chi connectivity index (χ1v) is 6.15. The molecule has 1 atom stereocenters. The third-order valence-corrected chi connectivity index (χ3v) is 2.99. The van der Waals surface area contributed by atoms with Crippen LogP contribution in [0, 0.1) is 0 Å². The van der Waals surface area contributed by atoms with Gasteiger partial charge in [0.25, 0.3) is 0 Å². The number of fused-ring (bicyclic) bond motifs is 1. The van der Waals surface area contributed by atoms with Crippen LogP contribution in [0.4, 0.5) is 0 Å². The van der Waals surface area contributed by atoms with Crippen molar-refractivity contribution in [1.82, 2.24) is 4.57 Å². The quantitative estimate of drug-likeness (QED) is 0.612. The van der Waals surface area contributed by atoms with Gasteiger partial charge in [-0.05, 0) is 25.1 Å². The number of carbonyl (C=O) groups is 1. The summed E-state index contributed by atoms with van der Waals surface area (Å²) >= 11 is 0. The molecule has 1 unspecified atom stereocenters. The standard InChI is InChI=1S/C15H17NO3/c1-4-12(15(17)18-3)16-10-9-11-13(16)7-6-8-14(11)19-5-2/h4,6-10,12H,1,5H2,2-3H3. The van der Waals surface area contributed by atoms with Gasteiger partial charge in [0.2, 0.25) is 0 Å². The number of hydrogen-bond acceptors (Lipinski definition) is 3. The second-order valence-corrected chi connectivity index (χ2v) is 4.05. The predicted octanol–water partition coefficient (Wildman–Crippen LogP) is 2.94. The van der Waals surface area contributed by atoms with Crippen molar-refractivity contribution in [2.45, 2.75) is 13.0 Å². The molecule has 0 aliphatic carbocycles. The Bertz CT molecular complexity index is 600. The van der Waals surface area contributed by atoms with E-state index >= 15 is 0 Å². The van der Waals surface area contributed by atoms with Gasteiger partial charge in [-0.1, -0.05) is 12.1 Å². The molecule has 2 aromatic rings. The van der Waals surface area contributed by atoms with E-state index in [1.165, 1.54) is 7.11 Å². The molecule has 0 saturated heterocycles. The highest BCUT2D eigenvalue weighted by molar-refractivity contribution is 5.88. The molecule has 4 heteroatoms. The van der Waals surface area contributed by atoms with E-state index < -0.39 is 6.04 Å². The molecule has 2 rings (SSSR count). The number of ether oxygens (including phenoxy) is 2. The molecule has 19 heavy (non-hydrogen) atoms. The Morgan fingerprint density at radius 1 is 1.47 bits per heavy atom. The summed E-state index contributed by atoms with van der Waals surface area (Å²) in [6.07, 6.45) is 3.41. The van der Waals surface area contributed by atoms with Crippen LogP contribution in [0.15, 0.2) is 43.1 Å². The number of methoxy groups -OCH3 is 1. The molecule has 0 fully saturated rings. The summed E-state index contributed by atoms with van der Waals surface area (Å²) < 4.78 is 12.2. The fourth-order valence-corrected chi connectivity index (χ4v) is 2.13. The van der Waals surface area contributed by atoms with Crippen molar-refractivity contribution in [3.8, 4) is 5.75 Å². The Labute approximate surface area is 112 Å². The highest BCUT2D eigenvalue weighted by Crippen LogP contribution is 2.29. The van der Waals surface area contributed by atoms with Crippen LogP contribution < -0.4 is 4.74 Å². The van der Waals surface area contributed by atoms with Crippen molar-refractivity contribution in [3.05, 3.63) is 43.1 Å². The van der Waals surface area contributed by atoms with Crippen molar-refractivity contribution in [2.75, 3.05) is 13.7 Å². The van der Waals surface area contributed by atoms with Crippen molar-refractivity contribution in [3.63, 3.8) is 0 Å². The van der Waals surface area contributed by atoms with Crippen molar-refractivity contribution in [1.29, 1.82) is 0 Å². The third-order valence-electron chi connectivity index (χ3n) is 2.99. The molecule has 0 amide bonds. The number of benzene rings is 1. The fraction of sp³-hybridized carbons (Fsp3) is 0.267. The molecule has 1 heterocycles. The average Bonchev–Trinajstić information content (AvgIpc) is 2.85. The van der Waals surface area contributed by atoms with Crippen LogP contribution in [0.1, 0.15) is 13.0 Å². The van der Waals surface area contributed by atoms with Gasteiger partial charge in [0, 0.05) is 11.6 Å². The predicted molar refractivity (Wildman–Crippen MR) is 74.4 cm³/mol. The molecule has 1 aromatic carbocycles. The highest BCUT2D eigenvalue weighted by Gasteiger charge is 2.19.